The third-order valence-corrected chi connectivity index (χ3v) is 7.71. The van der Waals surface area contributed by atoms with E-state index in [1.54, 1.807) is 32.4 Å². The molecule has 1 saturated heterocycles. The van der Waals surface area contributed by atoms with Gasteiger partial charge in [-0.05, 0) is 67.4 Å². The molecule has 2 aliphatic heterocycles. The summed E-state index contributed by atoms with van der Waals surface area (Å²) in [4.78, 5) is 26.6. The number of amides is 1. The van der Waals surface area contributed by atoms with Crippen LogP contribution in [-0.2, 0) is 4.79 Å². The van der Waals surface area contributed by atoms with Crippen LogP contribution < -0.4 is 14.8 Å². The van der Waals surface area contributed by atoms with E-state index in [1.165, 1.54) is 18.0 Å². The van der Waals surface area contributed by atoms with Crippen molar-refractivity contribution in [3.05, 3.63) is 81.6 Å². The van der Waals surface area contributed by atoms with Crippen LogP contribution >= 0.6 is 11.9 Å². The minimum Gasteiger partial charge on any atom is -0.496 e. The topological polar surface area (TPSA) is 97.2 Å². The van der Waals surface area contributed by atoms with Gasteiger partial charge in [0.25, 0.3) is 5.69 Å². The highest BCUT2D eigenvalue weighted by Gasteiger charge is 2.33. The maximum Gasteiger partial charge on any atom is 0.284 e. The summed E-state index contributed by atoms with van der Waals surface area (Å²) in [5, 5.41) is 14.7. The molecule has 4 rings (SSSR count). The number of nitro benzene ring substituents is 1. The van der Waals surface area contributed by atoms with Crippen LogP contribution in [0.1, 0.15) is 37.9 Å². The number of hydrogen-bond acceptors (Lipinski definition) is 8. The second-order valence-corrected chi connectivity index (χ2v) is 9.75. The van der Waals surface area contributed by atoms with E-state index in [2.05, 4.69) is 11.4 Å². The van der Waals surface area contributed by atoms with Gasteiger partial charge in [0.15, 0.2) is 0 Å². The van der Waals surface area contributed by atoms with Crippen LogP contribution in [0.2, 0.25) is 0 Å². The maximum atomic E-state index is 13.2. The van der Waals surface area contributed by atoms with E-state index in [0.717, 1.165) is 28.2 Å². The summed E-state index contributed by atoms with van der Waals surface area (Å²) in [5.41, 5.74) is 3.01. The third-order valence-electron chi connectivity index (χ3n) is 6.43. The molecule has 204 valence electrons. The molecule has 0 radical (unpaired) electrons. The van der Waals surface area contributed by atoms with Gasteiger partial charge in [-0.2, -0.15) is 0 Å². The molecule has 38 heavy (non-hydrogen) atoms. The zero-order valence-electron chi connectivity index (χ0n) is 22.8. The molecule has 1 amide bonds. The summed E-state index contributed by atoms with van der Waals surface area (Å²) < 4.78 is 13.0. The van der Waals surface area contributed by atoms with Crippen LogP contribution in [0.5, 0.6) is 11.5 Å². The van der Waals surface area contributed by atoms with E-state index >= 15 is 0 Å². The van der Waals surface area contributed by atoms with Gasteiger partial charge >= 0.3 is 0 Å². The zero-order chi connectivity index (χ0) is 27.8. The molecule has 2 heterocycles. The zero-order valence-corrected chi connectivity index (χ0v) is 23.6. The van der Waals surface area contributed by atoms with Crippen molar-refractivity contribution in [2.75, 3.05) is 33.9 Å². The Morgan fingerprint density at radius 2 is 1.79 bits per heavy atom. The second-order valence-electron chi connectivity index (χ2n) is 8.66. The van der Waals surface area contributed by atoms with Gasteiger partial charge in [-0.25, -0.2) is 4.31 Å². The highest BCUT2D eigenvalue weighted by atomic mass is 32.2. The third kappa shape index (κ3) is 6.49. The van der Waals surface area contributed by atoms with Crippen molar-refractivity contribution >= 4 is 23.5 Å². The Balaban J connectivity index is 0.00000195. The summed E-state index contributed by atoms with van der Waals surface area (Å²) in [6.45, 7) is 9.43. The normalized spacial score (nSPS) is 19.2. The number of nitrogens with zero attached hydrogens (tertiary/aromatic N) is 3. The van der Waals surface area contributed by atoms with Crippen molar-refractivity contribution in [2.24, 2.45) is 0 Å². The average Bonchev–Trinajstić information content (AvgIpc) is 2.94. The first-order valence-electron chi connectivity index (χ1n) is 12.6. The molecule has 10 heteroatoms. The van der Waals surface area contributed by atoms with Gasteiger partial charge in [0, 0.05) is 31.3 Å². The van der Waals surface area contributed by atoms with Crippen LogP contribution in [0.3, 0.4) is 0 Å². The molecular weight excluding hydrogens is 504 g/mol. The highest BCUT2D eigenvalue weighted by molar-refractivity contribution is 7.97. The van der Waals surface area contributed by atoms with E-state index in [0.29, 0.717) is 24.5 Å². The highest BCUT2D eigenvalue weighted by Crippen LogP contribution is 2.35. The van der Waals surface area contributed by atoms with E-state index in [4.69, 9.17) is 9.47 Å². The van der Waals surface area contributed by atoms with Crippen LogP contribution in [-0.4, -0.2) is 59.9 Å². The first-order chi connectivity index (χ1) is 18.3. The van der Waals surface area contributed by atoms with Crippen LogP contribution in [0.15, 0.2) is 65.2 Å². The smallest absolute Gasteiger partial charge is 0.284 e. The number of nitrogens with one attached hydrogen (secondary N) is 1. The number of ether oxygens (including phenoxy) is 2. The fraction of sp³-hybridized carbons (Fsp3) is 0.393. The Bertz CT molecular complexity index is 1190. The van der Waals surface area contributed by atoms with Gasteiger partial charge in [0.2, 0.25) is 5.91 Å². The Morgan fingerprint density at radius 1 is 1.13 bits per heavy atom. The summed E-state index contributed by atoms with van der Waals surface area (Å²) in [7, 11) is 3.28. The Morgan fingerprint density at radius 3 is 2.42 bits per heavy atom. The van der Waals surface area contributed by atoms with Crippen molar-refractivity contribution in [1.29, 1.82) is 0 Å². The number of carbonyl (C=O) groups is 1. The molecule has 0 aromatic heterocycles. The quantitative estimate of drug-likeness (QED) is 0.275. The van der Waals surface area contributed by atoms with Crippen LogP contribution in [0, 0.1) is 17.0 Å². The van der Waals surface area contributed by atoms with E-state index in [1.807, 2.05) is 61.3 Å². The lowest BCUT2D eigenvalue weighted by molar-refractivity contribution is -0.387. The Hall–Kier alpha value is -3.50. The van der Waals surface area contributed by atoms with Crippen molar-refractivity contribution in [3.63, 3.8) is 0 Å². The van der Waals surface area contributed by atoms with Gasteiger partial charge in [-0.15, -0.1) is 0 Å². The second kappa shape index (κ2) is 13.3. The van der Waals surface area contributed by atoms with Crippen molar-refractivity contribution in [3.8, 4) is 11.5 Å². The molecule has 9 nitrogen and oxygen atoms in total. The van der Waals surface area contributed by atoms with Crippen LogP contribution in [0.25, 0.3) is 0 Å². The summed E-state index contributed by atoms with van der Waals surface area (Å²) >= 11 is 1.27. The lowest BCUT2D eigenvalue weighted by Crippen LogP contribution is -2.53. The number of benzene rings is 2. The molecular formula is C28H36N4O5S. The molecule has 0 bridgehead atoms. The van der Waals surface area contributed by atoms with Gasteiger partial charge in [0.05, 0.1) is 31.2 Å². The molecule has 2 aromatic rings. The largest absolute Gasteiger partial charge is 0.496 e. The van der Waals surface area contributed by atoms with Gasteiger partial charge < -0.3 is 19.7 Å². The molecule has 2 aromatic carbocycles. The molecule has 1 fully saturated rings. The predicted octanol–water partition coefficient (Wildman–Crippen LogP) is 5.27. The minimum absolute atomic E-state index is 0.00427. The molecule has 0 aliphatic carbocycles. The average molecular weight is 541 g/mol. The van der Waals surface area contributed by atoms with Crippen molar-refractivity contribution in [2.45, 2.75) is 44.7 Å². The lowest BCUT2D eigenvalue weighted by atomic mass is 9.98. The fourth-order valence-corrected chi connectivity index (χ4v) is 5.43. The van der Waals surface area contributed by atoms with Gasteiger partial charge in [0.1, 0.15) is 16.4 Å². The number of hydrogen-bond donors (Lipinski definition) is 1. The van der Waals surface area contributed by atoms with E-state index in [-0.39, 0.29) is 17.6 Å². The monoisotopic (exact) mass is 540 g/mol. The van der Waals surface area contributed by atoms with Crippen LogP contribution in [0.4, 0.5) is 5.69 Å². The van der Waals surface area contributed by atoms with Crippen molar-refractivity contribution in [1.82, 2.24) is 14.5 Å². The molecule has 2 unspecified atom stereocenters. The Kier molecular flexibility index (Phi) is 10.2. The fourth-order valence-electron chi connectivity index (χ4n) is 4.38. The molecule has 0 spiro atoms. The van der Waals surface area contributed by atoms with Gasteiger partial charge in [-0.1, -0.05) is 32.1 Å². The van der Waals surface area contributed by atoms with Gasteiger partial charge in [-0.3, -0.25) is 14.9 Å². The molecule has 2 aliphatic rings. The predicted molar refractivity (Wildman–Crippen MR) is 150 cm³/mol. The Labute approximate surface area is 228 Å². The number of para-hydroxylation sites is 1. The molecule has 1 N–H and O–H groups in total. The summed E-state index contributed by atoms with van der Waals surface area (Å²) in [5.74, 6) is 1.51. The number of piperazine rings is 1. The summed E-state index contributed by atoms with van der Waals surface area (Å²) in [6.07, 6.45) is 5.98. The number of dihydropyridines is 1. The maximum absolute atomic E-state index is 13.2. The molecule has 0 saturated carbocycles. The SMILES string of the molecule is CC.COc1cc(C2C=C(CN3CCN(Sc4ccccc4[N+](=O)[O-])C(C)C3=O)C=CN2)cc(OC)c1C. The number of carbonyl (C=O) groups excluding carboxylic acids is 1. The summed E-state index contributed by atoms with van der Waals surface area (Å²) in [6, 6.07) is 10.1. The number of rotatable bonds is 8. The lowest BCUT2D eigenvalue weighted by Gasteiger charge is -2.38. The van der Waals surface area contributed by atoms with Crippen molar-refractivity contribution < 1.29 is 19.2 Å². The number of nitro groups is 1. The molecule has 2 atom stereocenters. The first kappa shape index (κ1) is 29.1. The first-order valence-corrected chi connectivity index (χ1v) is 13.4. The van der Waals surface area contributed by atoms with E-state index < -0.39 is 11.0 Å². The van der Waals surface area contributed by atoms with E-state index in [9.17, 15) is 14.9 Å². The number of methoxy groups -OCH3 is 2. The standard InChI is InChI=1S/C26H30N4O5S.C2H6/c1-17-23(34-3)14-20(15-24(17)35-4)21-13-19(9-10-27-21)16-28-11-12-29(18(2)26(28)31)36-25-8-6-5-7-22(25)30(32)33;1-2/h5-10,13-15,18,21,27H,11-12,16H2,1-4H3;1-2H3. The minimum atomic E-state index is -0.406.